The van der Waals surface area contributed by atoms with Crippen LogP contribution < -0.4 is 0 Å². The number of hydrogen-bond acceptors (Lipinski definition) is 4. The van der Waals surface area contributed by atoms with Gasteiger partial charge in [0.2, 0.25) is 0 Å². The average Bonchev–Trinajstić information content (AvgIpc) is 3.19. The van der Waals surface area contributed by atoms with Crippen LogP contribution in [0, 0.1) is 39.9 Å². The van der Waals surface area contributed by atoms with Crippen molar-refractivity contribution in [3.05, 3.63) is 48.0 Å². The van der Waals surface area contributed by atoms with Crippen molar-refractivity contribution in [1.82, 2.24) is 4.90 Å². The van der Waals surface area contributed by atoms with Crippen LogP contribution in [0.2, 0.25) is 0 Å². The highest BCUT2D eigenvalue weighted by atomic mass is 16.5. The van der Waals surface area contributed by atoms with Gasteiger partial charge in [-0.15, -0.1) is 0 Å². The third-order valence-corrected chi connectivity index (χ3v) is 11.6. The lowest BCUT2D eigenvalue weighted by molar-refractivity contribution is -0.213. The molecule has 31 heavy (non-hydrogen) atoms. The number of carbonyl (C=O) groups excluding carboxylic acids is 1. The van der Waals surface area contributed by atoms with Crippen LogP contribution in [0.25, 0.3) is 0 Å². The van der Waals surface area contributed by atoms with Crippen molar-refractivity contribution in [2.45, 2.75) is 63.3 Å². The van der Waals surface area contributed by atoms with Gasteiger partial charge in [-0.2, -0.15) is 0 Å². The van der Waals surface area contributed by atoms with Crippen LogP contribution in [-0.4, -0.2) is 46.8 Å². The van der Waals surface area contributed by atoms with Crippen LogP contribution in [0.15, 0.2) is 42.5 Å². The van der Waals surface area contributed by atoms with Gasteiger partial charge in [-0.25, -0.2) is 4.79 Å². The molecule has 10 rings (SSSR count). The topological polar surface area (TPSA) is 49.8 Å². The van der Waals surface area contributed by atoms with Crippen molar-refractivity contribution in [3.63, 3.8) is 0 Å². The minimum absolute atomic E-state index is 0.102. The highest BCUT2D eigenvalue weighted by molar-refractivity contribution is 5.89. The van der Waals surface area contributed by atoms with Gasteiger partial charge >= 0.3 is 5.97 Å². The summed E-state index contributed by atoms with van der Waals surface area (Å²) in [4.78, 5) is 16.1. The third kappa shape index (κ3) is 1.62. The minimum atomic E-state index is -0.424. The van der Waals surface area contributed by atoms with Gasteiger partial charge in [-0.1, -0.05) is 38.1 Å². The van der Waals surface area contributed by atoms with Crippen LogP contribution in [0.1, 0.15) is 49.4 Å². The van der Waals surface area contributed by atoms with Crippen molar-refractivity contribution in [2.24, 2.45) is 39.9 Å². The first-order valence-electron chi connectivity index (χ1n) is 12.3. The molecule has 1 aromatic carbocycles. The lowest BCUT2D eigenvalue weighted by Crippen LogP contribution is -2.69. The summed E-state index contributed by atoms with van der Waals surface area (Å²) in [5.74, 6) is 1.43. The molecule has 12 atom stereocenters. The number of hydrogen-bond donors (Lipinski definition) is 1. The van der Waals surface area contributed by atoms with Gasteiger partial charge in [0.05, 0.1) is 11.7 Å². The Kier molecular flexibility index (Phi) is 2.95. The lowest BCUT2D eigenvalue weighted by Gasteiger charge is -2.66. The van der Waals surface area contributed by atoms with Gasteiger partial charge in [0, 0.05) is 35.9 Å². The molecule has 0 aromatic heterocycles. The first kappa shape index (κ1) is 17.9. The number of piperidine rings is 2. The summed E-state index contributed by atoms with van der Waals surface area (Å²) in [6.45, 7) is 8.15. The first-order valence-corrected chi connectivity index (χ1v) is 12.3. The minimum Gasteiger partial charge on any atom is -0.458 e. The molecule has 4 heteroatoms. The Morgan fingerprint density at radius 1 is 1.19 bits per heavy atom. The number of ether oxygens (including phenoxy) is 1. The van der Waals surface area contributed by atoms with Crippen LogP contribution >= 0.6 is 0 Å². The molecule has 2 spiro atoms. The zero-order valence-electron chi connectivity index (χ0n) is 18.2. The first-order chi connectivity index (χ1) is 14.9. The summed E-state index contributed by atoms with van der Waals surface area (Å²) < 4.78 is 6.46. The molecule has 3 saturated heterocycles. The molecular weight excluding hydrogens is 386 g/mol. The van der Waals surface area contributed by atoms with Crippen molar-refractivity contribution >= 4 is 5.97 Å². The van der Waals surface area contributed by atoms with Gasteiger partial charge in [0.15, 0.2) is 0 Å². The fourth-order valence-electron chi connectivity index (χ4n) is 11.4. The summed E-state index contributed by atoms with van der Waals surface area (Å²) in [6.07, 6.45) is 5.42. The van der Waals surface area contributed by atoms with Gasteiger partial charge in [-0.05, 0) is 66.1 Å². The van der Waals surface area contributed by atoms with Crippen LogP contribution in [-0.2, 0) is 4.74 Å². The molecule has 6 aliphatic carbocycles. The van der Waals surface area contributed by atoms with Crippen molar-refractivity contribution < 1.29 is 14.6 Å². The molecule has 3 aliphatic heterocycles. The Bertz CT molecular complexity index is 1040. The standard InChI is InChI=1S/C27H31NO3/c1-14-16-11-17-22-26-10-6-9-25(2)13-28(22)18(20(25)26)12-27(17,23(14)29)21(26)19(16)31-24(30)15-7-4-3-5-8-15/h3-5,7-8,16-23,29H,1,6,9-13H2,2H3/t16-,17-,18+,19+,20-,21+,22-,23-,25+,26+,27-/m1/s1. The Morgan fingerprint density at radius 3 is 2.81 bits per heavy atom. The number of benzene rings is 1. The fourth-order valence-corrected chi connectivity index (χ4v) is 11.4. The largest absolute Gasteiger partial charge is 0.458 e. The highest BCUT2D eigenvalue weighted by Gasteiger charge is 2.90. The maximum Gasteiger partial charge on any atom is 0.338 e. The number of nitrogens with zero attached hydrogens (tertiary/aromatic N) is 1. The molecule has 6 saturated carbocycles. The van der Waals surface area contributed by atoms with Gasteiger partial charge in [0.25, 0.3) is 0 Å². The predicted molar refractivity (Wildman–Crippen MR) is 115 cm³/mol. The summed E-state index contributed by atoms with van der Waals surface area (Å²) in [7, 11) is 0. The molecule has 9 bridgehead atoms. The SMILES string of the molecule is C=C1[C@H]2C[C@@H]3[C@H]4N5C[C@]6(C)CCC[C@]47[C@H]([C@H]2OC(=O)c2ccccc2)[C@]3(C[C@H]5[C@H]67)[C@@H]1O. The number of aliphatic hydroxyl groups is 1. The van der Waals surface area contributed by atoms with E-state index in [1.54, 1.807) is 0 Å². The molecule has 1 aromatic rings. The summed E-state index contributed by atoms with van der Waals surface area (Å²) >= 11 is 0. The molecule has 9 aliphatic rings. The monoisotopic (exact) mass is 417 g/mol. The molecule has 162 valence electrons. The quantitative estimate of drug-likeness (QED) is 0.589. The number of rotatable bonds is 2. The second kappa shape index (κ2) is 5.12. The van der Waals surface area contributed by atoms with Gasteiger partial charge < -0.3 is 9.84 Å². The van der Waals surface area contributed by atoms with E-state index in [9.17, 15) is 9.90 Å². The second-order valence-corrected chi connectivity index (χ2v) is 12.2. The fraction of sp³-hybridized carbons (Fsp3) is 0.667. The van der Waals surface area contributed by atoms with E-state index in [1.165, 1.54) is 25.8 Å². The maximum atomic E-state index is 13.2. The zero-order chi connectivity index (χ0) is 20.9. The second-order valence-electron chi connectivity index (χ2n) is 12.2. The van der Waals surface area contributed by atoms with E-state index < -0.39 is 6.10 Å². The molecule has 4 nitrogen and oxygen atoms in total. The summed E-state index contributed by atoms with van der Waals surface area (Å²) in [5, 5.41) is 11.7. The maximum absolute atomic E-state index is 13.2. The Balaban J connectivity index is 1.30. The normalized spacial score (nSPS) is 58.8. The number of fused-ring (bicyclic) bond motifs is 1. The predicted octanol–water partition coefficient (Wildman–Crippen LogP) is 3.66. The van der Waals surface area contributed by atoms with Crippen molar-refractivity contribution in [1.29, 1.82) is 0 Å². The highest BCUT2D eigenvalue weighted by Crippen LogP contribution is 2.87. The van der Waals surface area contributed by atoms with E-state index >= 15 is 0 Å². The Hall–Kier alpha value is -1.65. The van der Waals surface area contributed by atoms with Crippen LogP contribution in [0.4, 0.5) is 0 Å². The molecular formula is C27H31NO3. The van der Waals surface area contributed by atoms with E-state index in [1.807, 2.05) is 30.3 Å². The number of aliphatic hydroxyl groups excluding tert-OH is 1. The molecule has 9 fully saturated rings. The summed E-state index contributed by atoms with van der Waals surface area (Å²) in [5.41, 5.74) is 2.06. The molecule has 0 radical (unpaired) electrons. The van der Waals surface area contributed by atoms with Gasteiger partial charge in [-0.3, -0.25) is 4.90 Å². The molecule has 0 amide bonds. The van der Waals surface area contributed by atoms with E-state index in [-0.39, 0.29) is 34.7 Å². The van der Waals surface area contributed by atoms with E-state index in [4.69, 9.17) is 4.74 Å². The van der Waals surface area contributed by atoms with E-state index in [0.717, 1.165) is 18.4 Å². The Morgan fingerprint density at radius 2 is 2.00 bits per heavy atom. The van der Waals surface area contributed by atoms with Crippen molar-refractivity contribution in [2.75, 3.05) is 6.54 Å². The number of carbonyl (C=O) groups is 1. The summed E-state index contributed by atoms with van der Waals surface area (Å²) in [6, 6.07) is 10.6. The smallest absolute Gasteiger partial charge is 0.338 e. The van der Waals surface area contributed by atoms with Crippen LogP contribution in [0.5, 0.6) is 0 Å². The average molecular weight is 418 g/mol. The van der Waals surface area contributed by atoms with Crippen molar-refractivity contribution in [3.8, 4) is 0 Å². The zero-order valence-corrected chi connectivity index (χ0v) is 18.2. The molecule has 1 unspecified atom stereocenters. The molecule has 3 heterocycles. The lowest BCUT2D eigenvalue weighted by atomic mass is 9.39. The Labute approximate surface area is 183 Å². The van der Waals surface area contributed by atoms with E-state index in [2.05, 4.69) is 18.4 Å². The number of esters is 1. The van der Waals surface area contributed by atoms with Crippen LogP contribution in [0.3, 0.4) is 0 Å². The van der Waals surface area contributed by atoms with Gasteiger partial charge in [0.1, 0.15) is 6.10 Å². The van der Waals surface area contributed by atoms with E-state index in [0.29, 0.717) is 34.9 Å². The third-order valence-electron chi connectivity index (χ3n) is 11.6. The molecule has 1 N–H and O–H groups in total.